The summed E-state index contributed by atoms with van der Waals surface area (Å²) in [4.78, 5) is 0. The Hall–Kier alpha value is -0.0900. The van der Waals surface area contributed by atoms with Crippen molar-refractivity contribution in [2.75, 3.05) is 24.6 Å². The van der Waals surface area contributed by atoms with E-state index < -0.39 is 9.84 Å². The predicted molar refractivity (Wildman–Crippen MR) is 73.3 cm³/mol. The molecule has 18 heavy (non-hydrogen) atoms. The van der Waals surface area contributed by atoms with Crippen LogP contribution >= 0.6 is 0 Å². The van der Waals surface area contributed by atoms with Crippen LogP contribution in [0.25, 0.3) is 0 Å². The topological polar surface area (TPSA) is 46.2 Å². The summed E-state index contributed by atoms with van der Waals surface area (Å²) < 4.78 is 23.3. The first-order valence-corrected chi connectivity index (χ1v) is 9.33. The lowest BCUT2D eigenvalue weighted by molar-refractivity contribution is 0.0720. The molecule has 0 aromatic heterocycles. The van der Waals surface area contributed by atoms with Crippen molar-refractivity contribution in [2.45, 2.75) is 44.9 Å². The average Bonchev–Trinajstić information content (AvgIpc) is 2.87. The van der Waals surface area contributed by atoms with E-state index >= 15 is 0 Å². The molecule has 1 N–H and O–H groups in total. The fourth-order valence-electron chi connectivity index (χ4n) is 4.18. The third kappa shape index (κ3) is 2.46. The predicted octanol–water partition coefficient (Wildman–Crippen LogP) is 1.98. The van der Waals surface area contributed by atoms with Crippen LogP contribution in [0.4, 0.5) is 0 Å². The van der Waals surface area contributed by atoms with Crippen molar-refractivity contribution in [1.29, 1.82) is 0 Å². The fourth-order valence-corrected chi connectivity index (χ4v) is 6.13. The summed E-state index contributed by atoms with van der Waals surface area (Å²) in [5.74, 6) is 2.26. The Balaban J connectivity index is 1.59. The van der Waals surface area contributed by atoms with Crippen molar-refractivity contribution in [3.63, 3.8) is 0 Å². The van der Waals surface area contributed by atoms with Crippen molar-refractivity contribution >= 4 is 9.84 Å². The summed E-state index contributed by atoms with van der Waals surface area (Å²) in [6, 6.07) is 0. The zero-order valence-corrected chi connectivity index (χ0v) is 12.0. The molecule has 4 heteroatoms. The molecule has 0 bridgehead atoms. The van der Waals surface area contributed by atoms with Crippen LogP contribution in [0.2, 0.25) is 0 Å². The highest BCUT2D eigenvalue weighted by Gasteiger charge is 2.48. The van der Waals surface area contributed by atoms with E-state index in [0.29, 0.717) is 22.8 Å². The fraction of sp³-hybridized carbons (Fsp3) is 1.00. The minimum absolute atomic E-state index is 0.326. The van der Waals surface area contributed by atoms with Gasteiger partial charge in [0.25, 0.3) is 0 Å². The zero-order valence-electron chi connectivity index (χ0n) is 11.2. The molecular weight excluding hydrogens is 246 g/mol. The molecule has 3 rings (SSSR count). The maximum atomic E-state index is 11.7. The Morgan fingerprint density at radius 2 is 1.83 bits per heavy atom. The molecule has 2 saturated heterocycles. The maximum Gasteiger partial charge on any atom is 0.150 e. The van der Waals surface area contributed by atoms with Crippen molar-refractivity contribution in [1.82, 2.24) is 5.32 Å². The Bertz CT molecular complexity index is 394. The minimum Gasteiger partial charge on any atom is -0.316 e. The highest BCUT2D eigenvalue weighted by molar-refractivity contribution is 7.91. The van der Waals surface area contributed by atoms with Gasteiger partial charge in [0.2, 0.25) is 0 Å². The Morgan fingerprint density at radius 1 is 1.11 bits per heavy atom. The molecule has 3 nitrogen and oxygen atoms in total. The van der Waals surface area contributed by atoms with Crippen molar-refractivity contribution < 1.29 is 8.42 Å². The van der Waals surface area contributed by atoms with Crippen LogP contribution in [-0.2, 0) is 9.84 Å². The second-order valence-corrected chi connectivity index (χ2v) is 8.98. The summed E-state index contributed by atoms with van der Waals surface area (Å²) in [5, 5.41) is 3.39. The highest BCUT2D eigenvalue weighted by atomic mass is 32.2. The van der Waals surface area contributed by atoms with Crippen LogP contribution in [0, 0.1) is 17.3 Å². The second-order valence-electron chi connectivity index (χ2n) is 6.76. The number of rotatable bonds is 4. The molecule has 2 heterocycles. The van der Waals surface area contributed by atoms with Gasteiger partial charge in [0.1, 0.15) is 0 Å². The quantitative estimate of drug-likeness (QED) is 0.850. The first-order chi connectivity index (χ1) is 8.60. The Labute approximate surface area is 111 Å². The van der Waals surface area contributed by atoms with Gasteiger partial charge in [-0.2, -0.15) is 0 Å². The number of hydrogen-bond acceptors (Lipinski definition) is 3. The largest absolute Gasteiger partial charge is 0.316 e. The van der Waals surface area contributed by atoms with Crippen LogP contribution < -0.4 is 5.32 Å². The van der Waals surface area contributed by atoms with E-state index in [1.54, 1.807) is 0 Å². The molecule has 1 saturated carbocycles. The number of sulfone groups is 1. The van der Waals surface area contributed by atoms with Crippen LogP contribution in [-0.4, -0.2) is 33.0 Å². The SMILES string of the molecule is O=S1(=O)CCC(C2(CCC3CCCC3)CNC2)C1. The molecule has 1 unspecified atom stereocenters. The summed E-state index contributed by atoms with van der Waals surface area (Å²) in [6.07, 6.45) is 9.14. The summed E-state index contributed by atoms with van der Waals surface area (Å²) in [6.45, 7) is 2.11. The van der Waals surface area contributed by atoms with E-state index in [4.69, 9.17) is 0 Å². The normalized spacial score (nSPS) is 34.6. The van der Waals surface area contributed by atoms with Gasteiger partial charge >= 0.3 is 0 Å². The lowest BCUT2D eigenvalue weighted by atomic mass is 9.66. The van der Waals surface area contributed by atoms with E-state index in [9.17, 15) is 8.42 Å². The monoisotopic (exact) mass is 271 g/mol. The Kier molecular flexibility index (Phi) is 3.43. The van der Waals surface area contributed by atoms with Crippen molar-refractivity contribution in [2.24, 2.45) is 17.3 Å². The van der Waals surface area contributed by atoms with E-state index in [0.717, 1.165) is 25.4 Å². The Morgan fingerprint density at radius 3 is 2.33 bits per heavy atom. The molecule has 0 amide bonds. The first-order valence-electron chi connectivity index (χ1n) is 7.51. The lowest BCUT2D eigenvalue weighted by Crippen LogP contribution is -2.58. The van der Waals surface area contributed by atoms with Gasteiger partial charge in [0.15, 0.2) is 9.84 Å². The molecule has 0 radical (unpaired) electrons. The van der Waals surface area contributed by atoms with Gasteiger partial charge in [-0.3, -0.25) is 0 Å². The van der Waals surface area contributed by atoms with Gasteiger partial charge in [-0.15, -0.1) is 0 Å². The zero-order chi connectivity index (χ0) is 12.6. The molecule has 3 fully saturated rings. The van der Waals surface area contributed by atoms with Crippen LogP contribution in [0.15, 0.2) is 0 Å². The summed E-state index contributed by atoms with van der Waals surface area (Å²) in [7, 11) is -2.72. The van der Waals surface area contributed by atoms with Crippen molar-refractivity contribution in [3.8, 4) is 0 Å². The van der Waals surface area contributed by atoms with Crippen molar-refractivity contribution in [3.05, 3.63) is 0 Å². The number of nitrogens with one attached hydrogen (secondary N) is 1. The first kappa shape index (κ1) is 12.9. The number of hydrogen-bond donors (Lipinski definition) is 1. The van der Waals surface area contributed by atoms with Gasteiger partial charge < -0.3 is 5.32 Å². The molecule has 1 aliphatic carbocycles. The molecule has 0 aromatic carbocycles. The van der Waals surface area contributed by atoms with Gasteiger partial charge in [-0.05, 0) is 36.5 Å². The highest BCUT2D eigenvalue weighted by Crippen LogP contribution is 2.44. The third-order valence-electron chi connectivity index (χ3n) is 5.58. The smallest absolute Gasteiger partial charge is 0.150 e. The molecule has 0 spiro atoms. The van der Waals surface area contributed by atoms with E-state index in [2.05, 4.69) is 5.32 Å². The van der Waals surface area contributed by atoms with Crippen LogP contribution in [0.3, 0.4) is 0 Å². The molecule has 3 aliphatic rings. The minimum atomic E-state index is -2.72. The molecular formula is C14H25NO2S. The van der Waals surface area contributed by atoms with E-state index in [-0.39, 0.29) is 0 Å². The van der Waals surface area contributed by atoms with E-state index in [1.807, 2.05) is 0 Å². The molecule has 1 atom stereocenters. The second kappa shape index (κ2) is 4.78. The van der Waals surface area contributed by atoms with Crippen LogP contribution in [0.1, 0.15) is 44.9 Å². The summed E-state index contributed by atoms with van der Waals surface area (Å²) >= 11 is 0. The lowest BCUT2D eigenvalue weighted by Gasteiger charge is -2.47. The molecule has 2 aliphatic heterocycles. The standard InChI is InChI=1S/C14H25NO2S/c16-18(17)8-6-13(9-18)14(10-15-11-14)7-5-12-3-1-2-4-12/h12-13,15H,1-11H2. The van der Waals surface area contributed by atoms with Gasteiger partial charge in [0, 0.05) is 13.1 Å². The average molecular weight is 271 g/mol. The van der Waals surface area contributed by atoms with Crippen LogP contribution in [0.5, 0.6) is 0 Å². The van der Waals surface area contributed by atoms with Gasteiger partial charge in [0.05, 0.1) is 11.5 Å². The maximum absolute atomic E-state index is 11.7. The molecule has 104 valence electrons. The molecule has 0 aromatic rings. The van der Waals surface area contributed by atoms with E-state index in [1.165, 1.54) is 38.5 Å². The van der Waals surface area contributed by atoms with Gasteiger partial charge in [-0.1, -0.05) is 25.7 Å². The summed E-state index contributed by atoms with van der Waals surface area (Å²) in [5.41, 5.74) is 0.326. The third-order valence-corrected chi connectivity index (χ3v) is 7.35. The van der Waals surface area contributed by atoms with Gasteiger partial charge in [-0.25, -0.2) is 8.42 Å².